The van der Waals surface area contributed by atoms with Gasteiger partial charge < -0.3 is 4.74 Å². The molecule has 0 fully saturated rings. The van der Waals surface area contributed by atoms with Crippen LogP contribution in [0, 0.1) is 0 Å². The van der Waals surface area contributed by atoms with Gasteiger partial charge in [-0.3, -0.25) is 4.99 Å². The van der Waals surface area contributed by atoms with Gasteiger partial charge in [-0.05, 0) is 6.92 Å². The van der Waals surface area contributed by atoms with E-state index in [-0.39, 0.29) is 0 Å². The lowest BCUT2D eigenvalue weighted by Crippen LogP contribution is -1.82. The molecule has 35 valence electrons. The smallest absolute Gasteiger partial charge is 0.272 e. The number of hydrogen-bond donors (Lipinski definition) is 0. The van der Waals surface area contributed by atoms with Gasteiger partial charge in [-0.25, -0.2) is 0 Å². The van der Waals surface area contributed by atoms with Gasteiger partial charge in [0.2, 0.25) is 0 Å². The lowest BCUT2D eigenvalue weighted by atomic mass is 10.9. The van der Waals surface area contributed by atoms with E-state index in [0.29, 0.717) is 6.61 Å². The molecule has 0 saturated carbocycles. The highest BCUT2D eigenvalue weighted by molar-refractivity contribution is 5.45. The maximum atomic E-state index is 4.57. The van der Waals surface area contributed by atoms with Gasteiger partial charge in [0.1, 0.15) is 0 Å². The lowest BCUT2D eigenvalue weighted by Gasteiger charge is -1.83. The summed E-state index contributed by atoms with van der Waals surface area (Å²) in [6.45, 7) is 2.54. The fraction of sp³-hybridized carbons (Fsp3) is 0.750. The molecule has 0 amide bonds. The molecule has 0 rings (SSSR count). The molecule has 0 aliphatic heterocycles. The predicted molar refractivity (Wildman–Crippen MR) is 25.0 cm³/mol. The van der Waals surface area contributed by atoms with Crippen LogP contribution in [0.1, 0.15) is 6.92 Å². The average molecular weight is 86.1 g/mol. The van der Waals surface area contributed by atoms with Crippen LogP contribution in [0.15, 0.2) is 4.99 Å². The summed E-state index contributed by atoms with van der Waals surface area (Å²) in [6, 6.07) is 0. The molecule has 0 aromatic rings. The maximum Gasteiger partial charge on any atom is 0.272 e. The van der Waals surface area contributed by atoms with Gasteiger partial charge in [0.05, 0.1) is 6.61 Å². The van der Waals surface area contributed by atoms with E-state index in [4.69, 9.17) is 0 Å². The molecule has 0 spiro atoms. The zero-order valence-electron chi connectivity index (χ0n) is 4.06. The van der Waals surface area contributed by atoms with Crippen LogP contribution in [0.4, 0.5) is 0 Å². The summed E-state index contributed by atoms with van der Waals surface area (Å²) in [7, 11) is 1.62. The number of hydrogen-bond acceptors (Lipinski definition) is 2. The highest BCUT2D eigenvalue weighted by atomic mass is 16.5. The number of rotatable bonds is 2. The molecule has 0 bridgehead atoms. The minimum atomic E-state index is 0.650. The average Bonchev–Trinajstić information content (AvgIpc) is 1.61. The molecule has 0 N–H and O–H groups in total. The monoisotopic (exact) mass is 86.1 g/mol. The van der Waals surface area contributed by atoms with Gasteiger partial charge in [0, 0.05) is 7.05 Å². The van der Waals surface area contributed by atoms with Crippen molar-refractivity contribution in [2.24, 2.45) is 4.99 Å². The fourth-order valence-electron chi connectivity index (χ4n) is 0.129. The summed E-state index contributed by atoms with van der Waals surface area (Å²) in [6.07, 6.45) is 2.32. The van der Waals surface area contributed by atoms with Gasteiger partial charge in [-0.1, -0.05) is 0 Å². The van der Waals surface area contributed by atoms with Crippen LogP contribution < -0.4 is 0 Å². The largest absolute Gasteiger partial charge is 0.474 e. The molecule has 0 aliphatic carbocycles. The van der Waals surface area contributed by atoms with Crippen LogP contribution in [-0.4, -0.2) is 20.1 Å². The van der Waals surface area contributed by atoms with E-state index in [1.165, 1.54) is 0 Å². The van der Waals surface area contributed by atoms with Crippen LogP contribution in [0.5, 0.6) is 0 Å². The standard InChI is InChI=1S/C4H8NO/c1-3-6-4-5-2/h3H2,1-2H3. The van der Waals surface area contributed by atoms with E-state index in [2.05, 4.69) is 16.1 Å². The predicted octanol–water partition coefficient (Wildman–Crippen LogP) is 0.558. The Hall–Kier alpha value is -0.530. The van der Waals surface area contributed by atoms with Gasteiger partial charge in [0.15, 0.2) is 0 Å². The van der Waals surface area contributed by atoms with Gasteiger partial charge in [0.25, 0.3) is 6.40 Å². The zero-order valence-corrected chi connectivity index (χ0v) is 4.06. The molecule has 0 heterocycles. The summed E-state index contributed by atoms with van der Waals surface area (Å²) in [5.41, 5.74) is 0. The van der Waals surface area contributed by atoms with Crippen LogP contribution in [0.3, 0.4) is 0 Å². The first-order chi connectivity index (χ1) is 2.91. The fourth-order valence-corrected chi connectivity index (χ4v) is 0.129. The molecule has 0 aliphatic rings. The van der Waals surface area contributed by atoms with Crippen molar-refractivity contribution < 1.29 is 4.74 Å². The Morgan fingerprint density at radius 3 is 2.67 bits per heavy atom. The third kappa shape index (κ3) is 3.47. The molecule has 0 aromatic heterocycles. The molecule has 0 atom stereocenters. The molecule has 1 radical (unpaired) electrons. The molecule has 0 saturated heterocycles. The van der Waals surface area contributed by atoms with Crippen molar-refractivity contribution in [1.82, 2.24) is 0 Å². The number of nitrogens with zero attached hydrogens (tertiary/aromatic N) is 1. The summed E-state index contributed by atoms with van der Waals surface area (Å²) in [5, 5.41) is 0. The minimum Gasteiger partial charge on any atom is -0.474 e. The van der Waals surface area contributed by atoms with E-state index in [1.807, 2.05) is 6.92 Å². The Morgan fingerprint density at radius 2 is 2.50 bits per heavy atom. The van der Waals surface area contributed by atoms with E-state index in [0.717, 1.165) is 0 Å². The summed E-state index contributed by atoms with van der Waals surface area (Å²) >= 11 is 0. The second-order valence-electron chi connectivity index (χ2n) is 0.748. The van der Waals surface area contributed by atoms with Crippen LogP contribution in [0.25, 0.3) is 0 Å². The van der Waals surface area contributed by atoms with Crippen molar-refractivity contribution in [3.05, 3.63) is 0 Å². The molecule has 0 aromatic carbocycles. The highest BCUT2D eigenvalue weighted by Gasteiger charge is 1.63. The summed E-state index contributed by atoms with van der Waals surface area (Å²) in [4.78, 5) is 3.45. The van der Waals surface area contributed by atoms with Gasteiger partial charge in [-0.15, -0.1) is 0 Å². The minimum absolute atomic E-state index is 0.650. The van der Waals surface area contributed by atoms with E-state index in [9.17, 15) is 0 Å². The second-order valence-corrected chi connectivity index (χ2v) is 0.748. The van der Waals surface area contributed by atoms with Crippen molar-refractivity contribution in [1.29, 1.82) is 0 Å². The van der Waals surface area contributed by atoms with Crippen LogP contribution in [0.2, 0.25) is 0 Å². The van der Waals surface area contributed by atoms with E-state index >= 15 is 0 Å². The first-order valence-electron chi connectivity index (χ1n) is 1.87. The van der Waals surface area contributed by atoms with Crippen LogP contribution >= 0.6 is 0 Å². The first kappa shape index (κ1) is 5.47. The Kier molecular flexibility index (Phi) is 4.08. The third-order valence-corrected chi connectivity index (χ3v) is 0.300. The van der Waals surface area contributed by atoms with Crippen molar-refractivity contribution in [3.63, 3.8) is 0 Å². The number of aliphatic imine (C=N–C) groups is 1. The van der Waals surface area contributed by atoms with Crippen molar-refractivity contribution >= 4 is 6.40 Å². The second kappa shape index (κ2) is 4.47. The lowest BCUT2D eigenvalue weighted by molar-refractivity contribution is 0.343. The topological polar surface area (TPSA) is 21.6 Å². The van der Waals surface area contributed by atoms with Crippen molar-refractivity contribution in [3.8, 4) is 0 Å². The van der Waals surface area contributed by atoms with E-state index < -0.39 is 0 Å². The maximum absolute atomic E-state index is 4.57. The SMILES string of the molecule is CCO/[C]=N/C. The molecular formula is C4H8NO. The zero-order chi connectivity index (χ0) is 4.83. The van der Waals surface area contributed by atoms with E-state index in [1.54, 1.807) is 7.05 Å². The summed E-state index contributed by atoms with van der Waals surface area (Å²) in [5.74, 6) is 0. The third-order valence-electron chi connectivity index (χ3n) is 0.300. The summed E-state index contributed by atoms with van der Waals surface area (Å²) < 4.78 is 4.57. The Labute approximate surface area is 37.8 Å². The molecule has 6 heavy (non-hydrogen) atoms. The molecule has 2 heteroatoms. The Balaban J connectivity index is 2.66. The van der Waals surface area contributed by atoms with Crippen LogP contribution in [-0.2, 0) is 4.74 Å². The first-order valence-corrected chi connectivity index (χ1v) is 1.87. The Morgan fingerprint density at radius 1 is 1.83 bits per heavy atom. The number of ether oxygens (including phenoxy) is 1. The quantitative estimate of drug-likeness (QED) is 0.355. The van der Waals surface area contributed by atoms with Gasteiger partial charge >= 0.3 is 0 Å². The highest BCUT2D eigenvalue weighted by Crippen LogP contribution is 1.60. The Bertz CT molecular complexity index is 42.8. The van der Waals surface area contributed by atoms with Gasteiger partial charge in [-0.2, -0.15) is 0 Å². The molecule has 2 nitrogen and oxygen atoms in total. The van der Waals surface area contributed by atoms with Crippen molar-refractivity contribution in [2.75, 3.05) is 13.7 Å². The normalized spacial score (nSPS) is 9.67. The van der Waals surface area contributed by atoms with Crippen molar-refractivity contribution in [2.45, 2.75) is 6.92 Å². The molecular weight excluding hydrogens is 78.0 g/mol. The molecule has 0 unspecified atom stereocenters.